The zero-order chi connectivity index (χ0) is 14.0. The molecule has 0 aliphatic carbocycles. The molecule has 0 saturated heterocycles. The second kappa shape index (κ2) is 5.36. The molecule has 2 aromatic rings. The van der Waals surface area contributed by atoms with Crippen molar-refractivity contribution in [1.82, 2.24) is 9.97 Å². The van der Waals surface area contributed by atoms with E-state index in [2.05, 4.69) is 25.9 Å². The lowest BCUT2D eigenvalue weighted by molar-refractivity contribution is 0.0695. The molecule has 98 valence electrons. The van der Waals surface area contributed by atoms with Crippen LogP contribution in [-0.4, -0.2) is 21.0 Å². The highest BCUT2D eigenvalue weighted by molar-refractivity contribution is 9.10. The van der Waals surface area contributed by atoms with Crippen LogP contribution in [0.2, 0.25) is 0 Å². The summed E-state index contributed by atoms with van der Waals surface area (Å²) in [5.41, 5.74) is 0.626. The van der Waals surface area contributed by atoms with Gasteiger partial charge >= 0.3 is 11.7 Å². The lowest BCUT2D eigenvalue weighted by Gasteiger charge is -2.10. The van der Waals surface area contributed by atoms with Gasteiger partial charge in [-0.3, -0.25) is 0 Å². The number of nitrogens with one attached hydrogen (secondary N) is 1. The topological polar surface area (TPSA) is 83.0 Å². The highest BCUT2D eigenvalue weighted by Gasteiger charge is 2.20. The summed E-state index contributed by atoms with van der Waals surface area (Å²) in [5.74, 6) is -1.11. The van der Waals surface area contributed by atoms with E-state index in [-0.39, 0.29) is 11.3 Å². The molecule has 0 bridgehead atoms. The summed E-state index contributed by atoms with van der Waals surface area (Å²) >= 11 is 3.34. The molecule has 0 unspecified atom stereocenters. The van der Waals surface area contributed by atoms with Crippen LogP contribution in [0.3, 0.4) is 0 Å². The van der Waals surface area contributed by atoms with E-state index in [1.807, 2.05) is 6.07 Å². The Morgan fingerprint density at radius 1 is 1.42 bits per heavy atom. The predicted molar refractivity (Wildman–Crippen MR) is 74.3 cm³/mol. The van der Waals surface area contributed by atoms with Crippen molar-refractivity contribution in [1.29, 1.82) is 0 Å². The average molecular weight is 323 g/mol. The molecule has 0 aliphatic heterocycles. The summed E-state index contributed by atoms with van der Waals surface area (Å²) in [6.45, 7) is 1.78. The number of aromatic amines is 1. The largest absolute Gasteiger partial charge is 0.478 e. The SMILES string of the molecule is CCc1[nH]c(=O)nc(-c2ccccc2Br)c1C(=O)O. The van der Waals surface area contributed by atoms with Crippen molar-refractivity contribution >= 4 is 21.9 Å². The molecule has 1 heterocycles. The highest BCUT2D eigenvalue weighted by Crippen LogP contribution is 2.29. The normalized spacial score (nSPS) is 10.4. The maximum absolute atomic E-state index is 11.6. The lowest BCUT2D eigenvalue weighted by atomic mass is 10.0. The molecule has 2 rings (SSSR count). The van der Waals surface area contributed by atoms with Gasteiger partial charge in [-0.25, -0.2) is 9.59 Å². The Labute approximate surface area is 117 Å². The van der Waals surface area contributed by atoms with Crippen LogP contribution in [0.5, 0.6) is 0 Å². The van der Waals surface area contributed by atoms with Crippen molar-refractivity contribution in [2.24, 2.45) is 0 Å². The smallest absolute Gasteiger partial charge is 0.345 e. The zero-order valence-corrected chi connectivity index (χ0v) is 11.7. The molecular weight excluding hydrogens is 312 g/mol. The van der Waals surface area contributed by atoms with Gasteiger partial charge in [-0.15, -0.1) is 0 Å². The van der Waals surface area contributed by atoms with E-state index in [9.17, 15) is 14.7 Å². The molecule has 6 heteroatoms. The monoisotopic (exact) mass is 322 g/mol. The third kappa shape index (κ3) is 2.58. The Balaban J connectivity index is 2.83. The van der Waals surface area contributed by atoms with Gasteiger partial charge in [-0.1, -0.05) is 41.1 Å². The van der Waals surface area contributed by atoms with E-state index in [0.717, 1.165) is 0 Å². The van der Waals surface area contributed by atoms with Crippen LogP contribution in [-0.2, 0) is 6.42 Å². The van der Waals surface area contributed by atoms with Crippen LogP contribution in [0.25, 0.3) is 11.3 Å². The van der Waals surface area contributed by atoms with Gasteiger partial charge in [0.2, 0.25) is 0 Å². The van der Waals surface area contributed by atoms with Gasteiger partial charge in [-0.05, 0) is 12.5 Å². The number of H-pyrrole nitrogens is 1. The van der Waals surface area contributed by atoms with Crippen LogP contribution in [0.4, 0.5) is 0 Å². The van der Waals surface area contributed by atoms with Crippen molar-refractivity contribution in [2.75, 3.05) is 0 Å². The fourth-order valence-corrected chi connectivity index (χ4v) is 2.34. The Morgan fingerprint density at radius 2 is 2.11 bits per heavy atom. The van der Waals surface area contributed by atoms with Gasteiger partial charge in [0.05, 0.1) is 5.69 Å². The minimum absolute atomic E-state index is 0.0361. The van der Waals surface area contributed by atoms with Crippen LogP contribution in [0.15, 0.2) is 33.5 Å². The van der Waals surface area contributed by atoms with Crippen molar-refractivity contribution in [2.45, 2.75) is 13.3 Å². The summed E-state index contributed by atoms with van der Waals surface area (Å²) in [7, 11) is 0. The Kier molecular flexibility index (Phi) is 3.80. The third-order valence-corrected chi connectivity index (χ3v) is 3.40. The molecule has 0 saturated carbocycles. The standard InChI is InChI=1S/C13H11BrN2O3/c1-2-9-10(12(17)18)11(16-13(19)15-9)7-5-3-4-6-8(7)14/h3-6H,2H2,1H3,(H,17,18)(H,15,16,19). The fraction of sp³-hybridized carbons (Fsp3) is 0.154. The van der Waals surface area contributed by atoms with Crippen molar-refractivity contribution < 1.29 is 9.90 Å². The minimum Gasteiger partial charge on any atom is -0.478 e. The number of carboxylic acid groups (broad SMARTS) is 1. The second-order valence-electron chi connectivity index (χ2n) is 3.88. The Hall–Kier alpha value is -1.95. The van der Waals surface area contributed by atoms with E-state index in [1.54, 1.807) is 25.1 Å². The third-order valence-electron chi connectivity index (χ3n) is 2.71. The number of aromatic carboxylic acids is 1. The molecule has 0 spiro atoms. The molecule has 1 aromatic heterocycles. The molecule has 19 heavy (non-hydrogen) atoms. The number of hydrogen-bond donors (Lipinski definition) is 2. The Morgan fingerprint density at radius 3 is 2.68 bits per heavy atom. The number of aromatic nitrogens is 2. The first-order chi connectivity index (χ1) is 9.04. The molecule has 2 N–H and O–H groups in total. The number of nitrogens with zero attached hydrogens (tertiary/aromatic N) is 1. The summed E-state index contributed by atoms with van der Waals surface area (Å²) in [5, 5.41) is 9.34. The Bertz CT molecular complexity index is 695. The predicted octanol–water partition coefficient (Wildman–Crippen LogP) is 2.46. The fourth-order valence-electron chi connectivity index (χ4n) is 1.86. The van der Waals surface area contributed by atoms with E-state index in [4.69, 9.17) is 0 Å². The van der Waals surface area contributed by atoms with Gasteiger partial charge in [0.1, 0.15) is 5.56 Å². The first-order valence-electron chi connectivity index (χ1n) is 5.66. The minimum atomic E-state index is -1.11. The summed E-state index contributed by atoms with van der Waals surface area (Å²) in [4.78, 5) is 29.3. The van der Waals surface area contributed by atoms with E-state index < -0.39 is 11.7 Å². The summed E-state index contributed by atoms with van der Waals surface area (Å²) < 4.78 is 0.692. The molecule has 1 aromatic carbocycles. The van der Waals surface area contributed by atoms with Crippen LogP contribution < -0.4 is 5.69 Å². The van der Waals surface area contributed by atoms with Gasteiger partial charge in [-0.2, -0.15) is 4.98 Å². The maximum Gasteiger partial charge on any atom is 0.345 e. The van der Waals surface area contributed by atoms with Crippen LogP contribution in [0, 0.1) is 0 Å². The first-order valence-corrected chi connectivity index (χ1v) is 6.45. The molecule has 0 radical (unpaired) electrons. The van der Waals surface area contributed by atoms with Crippen molar-refractivity contribution in [3.05, 3.63) is 50.5 Å². The van der Waals surface area contributed by atoms with E-state index in [1.165, 1.54) is 0 Å². The second-order valence-corrected chi connectivity index (χ2v) is 4.74. The number of aryl methyl sites for hydroxylation is 1. The van der Waals surface area contributed by atoms with Gasteiger partial charge in [0.15, 0.2) is 0 Å². The molecule has 5 nitrogen and oxygen atoms in total. The number of benzene rings is 1. The van der Waals surface area contributed by atoms with Crippen molar-refractivity contribution in [3.8, 4) is 11.3 Å². The number of carboxylic acids is 1. The number of halogens is 1. The first kappa shape index (κ1) is 13.5. The van der Waals surface area contributed by atoms with E-state index >= 15 is 0 Å². The maximum atomic E-state index is 11.6. The summed E-state index contributed by atoms with van der Waals surface area (Å²) in [6, 6.07) is 7.06. The highest BCUT2D eigenvalue weighted by atomic mass is 79.9. The lowest BCUT2D eigenvalue weighted by Crippen LogP contribution is -2.19. The summed E-state index contributed by atoms with van der Waals surface area (Å²) in [6.07, 6.45) is 0.414. The quantitative estimate of drug-likeness (QED) is 0.909. The van der Waals surface area contributed by atoms with Gasteiger partial charge < -0.3 is 10.1 Å². The molecule has 0 fully saturated rings. The van der Waals surface area contributed by atoms with Crippen LogP contribution >= 0.6 is 15.9 Å². The average Bonchev–Trinajstić information content (AvgIpc) is 2.37. The molecule has 0 aliphatic rings. The number of carbonyl (C=O) groups is 1. The van der Waals surface area contributed by atoms with Gasteiger partial charge in [0, 0.05) is 15.7 Å². The number of rotatable bonds is 3. The van der Waals surface area contributed by atoms with Crippen molar-refractivity contribution in [3.63, 3.8) is 0 Å². The number of hydrogen-bond acceptors (Lipinski definition) is 3. The molecule has 0 atom stereocenters. The zero-order valence-electron chi connectivity index (χ0n) is 10.1. The van der Waals surface area contributed by atoms with Crippen LogP contribution in [0.1, 0.15) is 23.0 Å². The van der Waals surface area contributed by atoms with E-state index in [0.29, 0.717) is 22.2 Å². The van der Waals surface area contributed by atoms with Gasteiger partial charge in [0.25, 0.3) is 0 Å². The molecule has 0 amide bonds. The molecular formula is C13H11BrN2O3.